The Morgan fingerprint density at radius 1 is 1.29 bits per heavy atom. The van der Waals surface area contributed by atoms with E-state index in [1.807, 2.05) is 30.3 Å². The molecule has 4 N–H and O–H groups in total. The number of rotatable bonds is 8. The van der Waals surface area contributed by atoms with E-state index >= 15 is 0 Å². The number of nitro groups is 1. The van der Waals surface area contributed by atoms with Gasteiger partial charge in [0.25, 0.3) is 0 Å². The van der Waals surface area contributed by atoms with Gasteiger partial charge >= 0.3 is 12.1 Å². The lowest BCUT2D eigenvalue weighted by Crippen LogP contribution is -2.48. The van der Waals surface area contributed by atoms with Gasteiger partial charge in [-0.3, -0.25) is 10.5 Å². The highest BCUT2D eigenvalue weighted by Crippen LogP contribution is 2.08. The molecule has 10 nitrogen and oxygen atoms in total. The molecule has 154 valence electrons. The first-order chi connectivity index (χ1) is 13.1. The second-order valence-electron chi connectivity index (χ2n) is 7.04. The number of amides is 2. The summed E-state index contributed by atoms with van der Waals surface area (Å²) in [4.78, 5) is 37.8. The van der Waals surface area contributed by atoms with Gasteiger partial charge in [0.1, 0.15) is 18.2 Å². The van der Waals surface area contributed by atoms with Gasteiger partial charge in [-0.25, -0.2) is 4.79 Å². The minimum atomic E-state index is -0.870. The van der Waals surface area contributed by atoms with Gasteiger partial charge in [0.05, 0.1) is 0 Å². The Labute approximate surface area is 163 Å². The smallest absolute Gasteiger partial charge is 0.420 e. The van der Waals surface area contributed by atoms with Gasteiger partial charge in [0.15, 0.2) is 0 Å². The van der Waals surface area contributed by atoms with Gasteiger partial charge < -0.3 is 25.5 Å². The van der Waals surface area contributed by atoms with Crippen molar-refractivity contribution in [2.45, 2.75) is 51.8 Å². The second-order valence-corrected chi connectivity index (χ2v) is 7.04. The van der Waals surface area contributed by atoms with Crippen molar-refractivity contribution >= 4 is 18.0 Å². The number of nitrogens with zero attached hydrogens (tertiary/aromatic N) is 2. The van der Waals surface area contributed by atoms with Gasteiger partial charge in [-0.2, -0.15) is 0 Å². The second kappa shape index (κ2) is 10.9. The first kappa shape index (κ1) is 22.9. The molecule has 0 saturated carbocycles. The third-order valence-electron chi connectivity index (χ3n) is 3.43. The topological polar surface area (TPSA) is 149 Å². The third kappa shape index (κ3) is 9.51. The van der Waals surface area contributed by atoms with Crippen LogP contribution in [0.4, 0.5) is 4.79 Å². The minimum Gasteiger partial charge on any atom is -0.444 e. The lowest BCUT2D eigenvalue weighted by Gasteiger charge is -2.23. The van der Waals surface area contributed by atoms with E-state index in [-0.39, 0.29) is 18.9 Å². The lowest BCUT2D eigenvalue weighted by molar-refractivity contribution is -0.352. The molecule has 28 heavy (non-hydrogen) atoms. The van der Waals surface area contributed by atoms with Crippen LogP contribution in [-0.2, 0) is 16.1 Å². The summed E-state index contributed by atoms with van der Waals surface area (Å²) in [5.74, 6) is -1.08. The van der Waals surface area contributed by atoms with Crippen molar-refractivity contribution in [2.75, 3.05) is 6.54 Å². The molecule has 0 fully saturated rings. The molecule has 0 aromatic heterocycles. The van der Waals surface area contributed by atoms with Crippen LogP contribution in [0.1, 0.15) is 39.2 Å². The first-order valence-corrected chi connectivity index (χ1v) is 8.84. The SMILES string of the molecule is CC(C)(C)OC(=O)N[C@@H](CCCN=C(N)[N+](=O)[O-])C(=O)NCc1ccccc1. The molecule has 0 unspecified atom stereocenters. The molecular weight excluding hydrogens is 366 g/mol. The lowest BCUT2D eigenvalue weighted by atomic mass is 10.1. The predicted octanol–water partition coefficient (Wildman–Crippen LogP) is 1.57. The summed E-state index contributed by atoms with van der Waals surface area (Å²) >= 11 is 0. The molecule has 0 aliphatic heterocycles. The number of nitrogens with two attached hydrogens (primary N) is 1. The maximum Gasteiger partial charge on any atom is 0.420 e. The van der Waals surface area contributed by atoms with Gasteiger partial charge in [0, 0.05) is 6.54 Å². The van der Waals surface area contributed by atoms with Crippen LogP contribution in [0, 0.1) is 10.1 Å². The molecule has 1 rings (SSSR count). The maximum absolute atomic E-state index is 12.5. The standard InChI is InChI=1S/C18H27N5O5/c1-18(2,3)28-17(25)22-14(10-7-11-20-16(19)23(26)27)15(24)21-12-13-8-5-4-6-9-13/h4-6,8-9,14H,7,10-12H2,1-3H3,(H2,19,20)(H,21,24)(H,22,25)/t14-/m0/s1. The van der Waals surface area contributed by atoms with E-state index in [9.17, 15) is 19.7 Å². The normalized spacial score (nSPS) is 12.8. The summed E-state index contributed by atoms with van der Waals surface area (Å²) < 4.78 is 5.19. The van der Waals surface area contributed by atoms with Crippen LogP contribution < -0.4 is 16.4 Å². The number of carbonyl (C=O) groups excluding carboxylic acids is 2. The average Bonchev–Trinajstić information content (AvgIpc) is 2.61. The van der Waals surface area contributed by atoms with Crippen molar-refractivity contribution in [1.82, 2.24) is 10.6 Å². The van der Waals surface area contributed by atoms with Gasteiger partial charge in [-0.15, -0.1) is 4.99 Å². The van der Waals surface area contributed by atoms with E-state index in [0.29, 0.717) is 13.0 Å². The number of aliphatic imine (C=N–C) groups is 1. The largest absolute Gasteiger partial charge is 0.444 e. The fraction of sp³-hybridized carbons (Fsp3) is 0.500. The number of ether oxygens (including phenoxy) is 1. The van der Waals surface area contributed by atoms with Crippen molar-refractivity contribution in [3.63, 3.8) is 0 Å². The van der Waals surface area contributed by atoms with Gasteiger partial charge in [-0.05, 0) is 44.1 Å². The van der Waals surface area contributed by atoms with E-state index in [1.54, 1.807) is 20.8 Å². The van der Waals surface area contributed by atoms with Crippen LogP contribution in [-0.4, -0.2) is 41.1 Å². The molecule has 0 radical (unpaired) electrons. The minimum absolute atomic E-state index is 0.0608. The highest BCUT2D eigenvalue weighted by Gasteiger charge is 2.24. The molecule has 0 saturated heterocycles. The Morgan fingerprint density at radius 3 is 2.50 bits per heavy atom. The quantitative estimate of drug-likeness (QED) is 0.201. The van der Waals surface area contributed by atoms with Crippen molar-refractivity contribution < 1.29 is 19.2 Å². The van der Waals surface area contributed by atoms with E-state index in [4.69, 9.17) is 10.5 Å². The zero-order chi connectivity index (χ0) is 21.2. The molecule has 2 amide bonds. The molecule has 1 aromatic carbocycles. The van der Waals surface area contributed by atoms with Crippen LogP contribution in [0.2, 0.25) is 0 Å². The Bertz CT molecular complexity index is 700. The van der Waals surface area contributed by atoms with Crippen molar-refractivity contribution in [1.29, 1.82) is 0 Å². The Hall–Kier alpha value is -3.17. The summed E-state index contributed by atoms with van der Waals surface area (Å²) in [6, 6.07) is 8.45. The van der Waals surface area contributed by atoms with Crippen molar-refractivity contribution in [3.8, 4) is 0 Å². The monoisotopic (exact) mass is 393 g/mol. The number of alkyl carbamates (subject to hydrolysis) is 1. The van der Waals surface area contributed by atoms with Crippen LogP contribution in [0.15, 0.2) is 35.3 Å². The number of hydrogen-bond donors (Lipinski definition) is 3. The van der Waals surface area contributed by atoms with Crippen molar-refractivity contribution in [3.05, 3.63) is 46.0 Å². The summed E-state index contributed by atoms with van der Waals surface area (Å²) in [6.07, 6.45) is -0.192. The number of carbonyl (C=O) groups is 2. The van der Waals surface area contributed by atoms with Crippen molar-refractivity contribution in [2.24, 2.45) is 10.7 Å². The molecule has 1 aromatic rings. The molecule has 0 bridgehead atoms. The fourth-order valence-electron chi connectivity index (χ4n) is 2.17. The molecule has 1 atom stereocenters. The number of hydrogen-bond acceptors (Lipinski definition) is 6. The summed E-state index contributed by atoms with van der Waals surface area (Å²) in [6.45, 7) is 5.51. The predicted molar refractivity (Wildman–Crippen MR) is 104 cm³/mol. The third-order valence-corrected chi connectivity index (χ3v) is 3.43. The number of guanidine groups is 1. The van der Waals surface area contributed by atoms with E-state index in [2.05, 4.69) is 15.6 Å². The average molecular weight is 393 g/mol. The zero-order valence-electron chi connectivity index (χ0n) is 16.3. The maximum atomic E-state index is 12.5. The molecule has 0 aliphatic carbocycles. The summed E-state index contributed by atoms with van der Waals surface area (Å²) in [7, 11) is 0. The molecule has 10 heteroatoms. The van der Waals surface area contributed by atoms with E-state index in [1.165, 1.54) is 0 Å². The number of nitrogens with one attached hydrogen (secondary N) is 2. The first-order valence-electron chi connectivity index (χ1n) is 8.84. The fourth-order valence-corrected chi connectivity index (χ4v) is 2.17. The highest BCUT2D eigenvalue weighted by molar-refractivity contribution is 5.85. The van der Waals surface area contributed by atoms with Crippen LogP contribution in [0.3, 0.4) is 0 Å². The Morgan fingerprint density at radius 2 is 1.93 bits per heavy atom. The van der Waals surface area contributed by atoms with Crippen LogP contribution >= 0.6 is 0 Å². The molecule has 0 spiro atoms. The zero-order valence-corrected chi connectivity index (χ0v) is 16.3. The Kier molecular flexibility index (Phi) is 8.86. The summed E-state index contributed by atoms with van der Waals surface area (Å²) in [5, 5.41) is 15.7. The molecule has 0 aliphatic rings. The molecule has 0 heterocycles. The van der Waals surface area contributed by atoms with E-state index < -0.39 is 28.6 Å². The van der Waals surface area contributed by atoms with Crippen LogP contribution in [0.25, 0.3) is 0 Å². The van der Waals surface area contributed by atoms with E-state index in [0.717, 1.165) is 5.56 Å². The van der Waals surface area contributed by atoms with Crippen LogP contribution in [0.5, 0.6) is 0 Å². The number of benzene rings is 1. The van der Waals surface area contributed by atoms with Gasteiger partial charge in [-0.1, -0.05) is 30.3 Å². The Balaban J connectivity index is 2.67. The highest BCUT2D eigenvalue weighted by atomic mass is 16.6. The van der Waals surface area contributed by atoms with Gasteiger partial charge in [0.2, 0.25) is 5.91 Å². The summed E-state index contributed by atoms with van der Waals surface area (Å²) in [5.41, 5.74) is 5.34. The molecular formula is C18H27N5O5.